The molecule has 3 aromatic rings. The first-order valence-corrected chi connectivity index (χ1v) is 8.08. The monoisotopic (exact) mass is 328 g/mol. The second-order valence-electron chi connectivity index (χ2n) is 6.05. The number of nitrogens with zero attached hydrogens (tertiary/aromatic N) is 2. The first-order chi connectivity index (χ1) is 12.2. The zero-order valence-corrected chi connectivity index (χ0v) is 13.8. The number of aromatic nitrogens is 2. The molecule has 4 nitrogen and oxygen atoms in total. The van der Waals surface area contributed by atoms with E-state index in [1.165, 1.54) is 5.56 Å². The highest BCUT2D eigenvalue weighted by Crippen LogP contribution is 2.29. The second kappa shape index (κ2) is 6.32. The zero-order chi connectivity index (χ0) is 17.2. The summed E-state index contributed by atoms with van der Waals surface area (Å²) in [6.07, 6.45) is 7.38. The smallest absolute Gasteiger partial charge is 0.237 e. The fourth-order valence-electron chi connectivity index (χ4n) is 2.96. The van der Waals surface area contributed by atoms with Crippen LogP contribution in [-0.4, -0.2) is 15.8 Å². The second-order valence-corrected chi connectivity index (χ2v) is 6.05. The Morgan fingerprint density at radius 3 is 2.68 bits per heavy atom. The van der Waals surface area contributed by atoms with Gasteiger partial charge in [0.2, 0.25) is 5.88 Å². The van der Waals surface area contributed by atoms with Crippen molar-refractivity contribution in [2.24, 2.45) is 0 Å². The van der Waals surface area contributed by atoms with Crippen LogP contribution >= 0.6 is 0 Å². The molecule has 0 saturated heterocycles. The molecule has 0 radical (unpaired) electrons. The van der Waals surface area contributed by atoms with Gasteiger partial charge in [-0.05, 0) is 36.3 Å². The molecule has 25 heavy (non-hydrogen) atoms. The predicted octanol–water partition coefficient (Wildman–Crippen LogP) is 4.40. The van der Waals surface area contributed by atoms with E-state index in [0.29, 0.717) is 18.1 Å². The van der Waals surface area contributed by atoms with Gasteiger partial charge in [-0.25, -0.2) is 4.98 Å². The number of hydrogen-bond acceptors (Lipinski definition) is 4. The minimum Gasteiger partial charge on any atom is -0.438 e. The van der Waals surface area contributed by atoms with E-state index < -0.39 is 0 Å². The van der Waals surface area contributed by atoms with Crippen molar-refractivity contribution in [3.8, 4) is 11.6 Å². The minimum atomic E-state index is 0.120. The summed E-state index contributed by atoms with van der Waals surface area (Å²) < 4.78 is 5.63. The lowest BCUT2D eigenvalue weighted by atomic mass is 10.1. The van der Waals surface area contributed by atoms with Crippen LogP contribution in [0.1, 0.15) is 27.0 Å². The quantitative estimate of drug-likeness (QED) is 0.669. The molecule has 1 aliphatic rings. The number of benzene rings is 2. The SMILES string of the molecule is Cc1ccc2c(c1)C/C(=C\c1ccc(Oc3cnccn3)cc1)C2=O. The molecular weight excluding hydrogens is 312 g/mol. The Balaban J connectivity index is 1.53. The maximum absolute atomic E-state index is 12.5. The summed E-state index contributed by atoms with van der Waals surface area (Å²) in [5, 5.41) is 0. The molecule has 4 heteroatoms. The van der Waals surface area contributed by atoms with Crippen molar-refractivity contribution in [2.75, 3.05) is 0 Å². The van der Waals surface area contributed by atoms with E-state index in [9.17, 15) is 4.79 Å². The van der Waals surface area contributed by atoms with E-state index in [2.05, 4.69) is 16.0 Å². The van der Waals surface area contributed by atoms with Crippen LogP contribution in [0.3, 0.4) is 0 Å². The first-order valence-electron chi connectivity index (χ1n) is 8.08. The topological polar surface area (TPSA) is 52.1 Å². The Hall–Kier alpha value is -3.27. The lowest BCUT2D eigenvalue weighted by Crippen LogP contribution is -1.95. The molecule has 1 aliphatic carbocycles. The fraction of sp³-hybridized carbons (Fsp3) is 0.0952. The number of Topliss-reactive ketones (excluding diaryl/α,β-unsaturated/α-hetero) is 1. The van der Waals surface area contributed by atoms with Crippen molar-refractivity contribution in [3.63, 3.8) is 0 Å². The van der Waals surface area contributed by atoms with Crippen LogP contribution in [-0.2, 0) is 6.42 Å². The number of carbonyl (C=O) groups excluding carboxylic acids is 1. The summed E-state index contributed by atoms with van der Waals surface area (Å²) in [5.74, 6) is 1.25. The molecule has 1 aromatic heterocycles. The molecule has 122 valence electrons. The fourth-order valence-corrected chi connectivity index (χ4v) is 2.96. The first kappa shape index (κ1) is 15.3. The van der Waals surface area contributed by atoms with Crippen molar-refractivity contribution in [1.82, 2.24) is 9.97 Å². The van der Waals surface area contributed by atoms with E-state index in [4.69, 9.17) is 4.74 Å². The highest BCUT2D eigenvalue weighted by molar-refractivity contribution is 6.15. The largest absolute Gasteiger partial charge is 0.438 e. The van der Waals surface area contributed by atoms with Crippen molar-refractivity contribution in [3.05, 3.63) is 88.9 Å². The van der Waals surface area contributed by atoms with Crippen LogP contribution < -0.4 is 4.74 Å². The van der Waals surface area contributed by atoms with Gasteiger partial charge in [0.25, 0.3) is 0 Å². The summed E-state index contributed by atoms with van der Waals surface area (Å²) >= 11 is 0. The molecule has 0 aliphatic heterocycles. The average Bonchev–Trinajstić information content (AvgIpc) is 2.92. The Morgan fingerprint density at radius 2 is 1.92 bits per heavy atom. The van der Waals surface area contributed by atoms with Gasteiger partial charge >= 0.3 is 0 Å². The van der Waals surface area contributed by atoms with Crippen LogP contribution in [0, 0.1) is 6.92 Å². The van der Waals surface area contributed by atoms with Crippen LogP contribution in [0.25, 0.3) is 6.08 Å². The Bertz CT molecular complexity index is 961. The number of carbonyl (C=O) groups is 1. The van der Waals surface area contributed by atoms with Crippen LogP contribution in [0.2, 0.25) is 0 Å². The molecule has 0 saturated carbocycles. The Kier molecular flexibility index (Phi) is 3.86. The van der Waals surface area contributed by atoms with Gasteiger partial charge in [0, 0.05) is 30.0 Å². The van der Waals surface area contributed by atoms with Gasteiger partial charge in [0.15, 0.2) is 5.78 Å². The molecule has 0 unspecified atom stereocenters. The van der Waals surface area contributed by atoms with E-state index in [1.807, 2.05) is 49.4 Å². The third kappa shape index (κ3) is 3.19. The molecule has 1 heterocycles. The van der Waals surface area contributed by atoms with E-state index in [-0.39, 0.29) is 5.78 Å². The Labute approximate surface area is 145 Å². The third-order valence-corrected chi connectivity index (χ3v) is 4.16. The number of hydrogen-bond donors (Lipinski definition) is 0. The van der Waals surface area contributed by atoms with Crippen LogP contribution in [0.5, 0.6) is 11.6 Å². The highest BCUT2D eigenvalue weighted by Gasteiger charge is 2.24. The van der Waals surface area contributed by atoms with Gasteiger partial charge < -0.3 is 4.74 Å². The van der Waals surface area contributed by atoms with Crippen molar-refractivity contribution in [2.45, 2.75) is 13.3 Å². The number of allylic oxidation sites excluding steroid dienone is 1. The summed E-state index contributed by atoms with van der Waals surface area (Å²) in [5.41, 5.74) is 4.90. The minimum absolute atomic E-state index is 0.120. The van der Waals surface area contributed by atoms with Crippen molar-refractivity contribution in [1.29, 1.82) is 0 Å². The van der Waals surface area contributed by atoms with Crippen LogP contribution in [0.4, 0.5) is 0 Å². The standard InChI is InChI=1S/C21H16N2O2/c1-14-2-7-19-16(10-14)12-17(21(19)24)11-15-3-5-18(6-4-15)25-20-13-22-8-9-23-20/h2-11,13H,12H2,1H3/b17-11+. The van der Waals surface area contributed by atoms with Crippen molar-refractivity contribution >= 4 is 11.9 Å². The lowest BCUT2D eigenvalue weighted by molar-refractivity contribution is 0.104. The summed E-state index contributed by atoms with van der Waals surface area (Å²) in [7, 11) is 0. The number of rotatable bonds is 3. The molecule has 0 amide bonds. The Morgan fingerprint density at radius 1 is 1.08 bits per heavy atom. The highest BCUT2D eigenvalue weighted by atomic mass is 16.5. The van der Waals surface area contributed by atoms with Crippen molar-refractivity contribution < 1.29 is 9.53 Å². The number of ketones is 1. The normalized spacial score (nSPS) is 14.6. The van der Waals surface area contributed by atoms with Gasteiger partial charge in [0.05, 0.1) is 6.20 Å². The summed E-state index contributed by atoms with van der Waals surface area (Å²) in [6.45, 7) is 2.04. The van der Waals surface area contributed by atoms with Crippen LogP contribution in [0.15, 0.2) is 66.6 Å². The third-order valence-electron chi connectivity index (χ3n) is 4.16. The molecule has 0 spiro atoms. The maximum atomic E-state index is 12.5. The molecular formula is C21H16N2O2. The molecule has 0 fully saturated rings. The predicted molar refractivity (Wildman–Crippen MR) is 95.7 cm³/mol. The molecule has 4 rings (SSSR count). The van der Waals surface area contributed by atoms with E-state index in [1.54, 1.807) is 18.6 Å². The van der Waals surface area contributed by atoms with Gasteiger partial charge in [0.1, 0.15) is 5.75 Å². The van der Waals surface area contributed by atoms with Gasteiger partial charge in [-0.15, -0.1) is 0 Å². The molecule has 2 aromatic carbocycles. The van der Waals surface area contributed by atoms with Gasteiger partial charge in [-0.2, -0.15) is 0 Å². The van der Waals surface area contributed by atoms with Gasteiger partial charge in [-0.3, -0.25) is 9.78 Å². The number of ether oxygens (including phenoxy) is 1. The number of aryl methyl sites for hydroxylation is 1. The van der Waals surface area contributed by atoms with E-state index in [0.717, 1.165) is 22.3 Å². The van der Waals surface area contributed by atoms with Gasteiger partial charge in [-0.1, -0.05) is 35.9 Å². The average molecular weight is 328 g/mol. The summed E-state index contributed by atoms with van der Waals surface area (Å²) in [6, 6.07) is 13.6. The molecule has 0 atom stereocenters. The molecule has 0 bridgehead atoms. The summed E-state index contributed by atoms with van der Waals surface area (Å²) in [4.78, 5) is 20.6. The molecule has 0 N–H and O–H groups in total. The zero-order valence-electron chi connectivity index (χ0n) is 13.8. The van der Waals surface area contributed by atoms with E-state index >= 15 is 0 Å². The number of fused-ring (bicyclic) bond motifs is 1. The lowest BCUT2D eigenvalue weighted by Gasteiger charge is -2.04. The maximum Gasteiger partial charge on any atom is 0.237 e.